The van der Waals surface area contributed by atoms with Crippen molar-refractivity contribution >= 4 is 32.7 Å². The van der Waals surface area contributed by atoms with Crippen LogP contribution in [0.3, 0.4) is 0 Å². The summed E-state index contributed by atoms with van der Waals surface area (Å²) >= 11 is 0. The standard InChI is InChI=1S/C29H19N5/c1-2-6-22(7-3-1)33-15-12-21-16-28-25(17-27(21)33)24-8-4-5-9-26(24)34(28)23-18-31-29(32-19-23)20-10-13-30-14-11-20/h1-19H. The van der Waals surface area contributed by atoms with Crippen molar-refractivity contribution in [3.8, 4) is 22.8 Å². The van der Waals surface area contributed by atoms with Crippen LogP contribution in [-0.4, -0.2) is 24.1 Å². The van der Waals surface area contributed by atoms with E-state index in [2.05, 4.69) is 97.0 Å². The van der Waals surface area contributed by atoms with Gasteiger partial charge in [0, 0.05) is 46.0 Å². The molecule has 0 amide bonds. The molecule has 34 heavy (non-hydrogen) atoms. The first-order valence-electron chi connectivity index (χ1n) is 11.2. The van der Waals surface area contributed by atoms with Crippen LogP contribution in [0.5, 0.6) is 0 Å². The lowest BCUT2D eigenvalue weighted by molar-refractivity contribution is 1.08. The van der Waals surface area contributed by atoms with Gasteiger partial charge in [-0.15, -0.1) is 0 Å². The quantitative estimate of drug-likeness (QED) is 0.314. The van der Waals surface area contributed by atoms with E-state index in [0.29, 0.717) is 5.82 Å². The van der Waals surface area contributed by atoms with Crippen LogP contribution in [0.4, 0.5) is 0 Å². The van der Waals surface area contributed by atoms with Crippen molar-refractivity contribution in [1.29, 1.82) is 0 Å². The minimum absolute atomic E-state index is 0.689. The Hall–Kier alpha value is -4.77. The van der Waals surface area contributed by atoms with Gasteiger partial charge in [0.1, 0.15) is 0 Å². The molecule has 0 unspecified atom stereocenters. The predicted octanol–water partition coefficient (Wildman–Crippen LogP) is 6.58. The number of rotatable bonds is 3. The maximum atomic E-state index is 4.66. The number of fused-ring (bicyclic) bond motifs is 4. The lowest BCUT2D eigenvalue weighted by Crippen LogP contribution is -1.98. The highest BCUT2D eigenvalue weighted by Crippen LogP contribution is 2.35. The summed E-state index contributed by atoms with van der Waals surface area (Å²) in [6.07, 6.45) is 9.44. The molecule has 3 aromatic carbocycles. The molecule has 7 rings (SSSR count). The highest BCUT2D eigenvalue weighted by atomic mass is 15.0. The summed E-state index contributed by atoms with van der Waals surface area (Å²) in [7, 11) is 0. The van der Waals surface area contributed by atoms with Crippen LogP contribution in [0.2, 0.25) is 0 Å². The van der Waals surface area contributed by atoms with Crippen LogP contribution in [0.15, 0.2) is 116 Å². The zero-order valence-electron chi connectivity index (χ0n) is 18.2. The molecule has 7 aromatic rings. The van der Waals surface area contributed by atoms with Gasteiger partial charge in [-0.3, -0.25) is 4.98 Å². The lowest BCUT2D eigenvalue weighted by Gasteiger charge is -2.09. The average Bonchev–Trinajstić information content (AvgIpc) is 3.47. The smallest absolute Gasteiger partial charge is 0.159 e. The number of nitrogens with zero attached hydrogens (tertiary/aromatic N) is 5. The van der Waals surface area contributed by atoms with Gasteiger partial charge in [-0.25, -0.2) is 9.97 Å². The van der Waals surface area contributed by atoms with Crippen LogP contribution in [0.25, 0.3) is 55.5 Å². The van der Waals surface area contributed by atoms with Crippen LogP contribution in [-0.2, 0) is 0 Å². The zero-order chi connectivity index (χ0) is 22.5. The third kappa shape index (κ3) is 2.84. The van der Waals surface area contributed by atoms with Gasteiger partial charge in [0.2, 0.25) is 0 Å². The van der Waals surface area contributed by atoms with Crippen LogP contribution in [0.1, 0.15) is 0 Å². The Labute approximate surface area is 195 Å². The van der Waals surface area contributed by atoms with E-state index in [4.69, 9.17) is 0 Å². The number of pyridine rings is 1. The Balaban J connectivity index is 1.46. The summed E-state index contributed by atoms with van der Waals surface area (Å²) in [6.45, 7) is 0. The van der Waals surface area contributed by atoms with Gasteiger partial charge < -0.3 is 9.13 Å². The third-order valence-electron chi connectivity index (χ3n) is 6.35. The summed E-state index contributed by atoms with van der Waals surface area (Å²) in [5.74, 6) is 0.689. The number of aromatic nitrogens is 5. The van der Waals surface area contributed by atoms with E-state index in [-0.39, 0.29) is 0 Å². The SMILES string of the molecule is c1ccc(-n2ccc3cc4c(cc32)c2ccccc2n4-c2cnc(-c3ccncc3)nc2)cc1. The average molecular weight is 438 g/mol. The van der Waals surface area contributed by atoms with Crippen molar-refractivity contribution < 1.29 is 0 Å². The molecule has 0 aliphatic carbocycles. The van der Waals surface area contributed by atoms with E-state index in [1.807, 2.05) is 30.6 Å². The highest BCUT2D eigenvalue weighted by molar-refractivity contribution is 6.13. The summed E-state index contributed by atoms with van der Waals surface area (Å²) < 4.78 is 4.49. The molecule has 5 heteroatoms. The van der Waals surface area contributed by atoms with Crippen molar-refractivity contribution in [2.24, 2.45) is 0 Å². The van der Waals surface area contributed by atoms with Crippen molar-refractivity contribution in [2.75, 3.05) is 0 Å². The van der Waals surface area contributed by atoms with Crippen molar-refractivity contribution in [2.45, 2.75) is 0 Å². The number of hydrogen-bond acceptors (Lipinski definition) is 3. The molecule has 0 atom stereocenters. The highest BCUT2D eigenvalue weighted by Gasteiger charge is 2.15. The zero-order valence-corrected chi connectivity index (χ0v) is 18.2. The second kappa shape index (κ2) is 7.39. The first kappa shape index (κ1) is 18.8. The molecular weight excluding hydrogens is 418 g/mol. The molecule has 0 fully saturated rings. The largest absolute Gasteiger partial charge is 0.317 e. The first-order valence-corrected chi connectivity index (χ1v) is 11.2. The number of hydrogen-bond donors (Lipinski definition) is 0. The Kier molecular flexibility index (Phi) is 4.08. The van der Waals surface area contributed by atoms with Crippen LogP contribution >= 0.6 is 0 Å². The Morgan fingerprint density at radius 2 is 1.35 bits per heavy atom. The van der Waals surface area contributed by atoms with Crippen molar-refractivity contribution in [1.82, 2.24) is 24.1 Å². The number of para-hydroxylation sites is 2. The van der Waals surface area contributed by atoms with Gasteiger partial charge >= 0.3 is 0 Å². The summed E-state index contributed by atoms with van der Waals surface area (Å²) in [6, 6.07) is 29.5. The van der Waals surface area contributed by atoms with E-state index in [0.717, 1.165) is 28.0 Å². The molecule has 0 N–H and O–H groups in total. The molecule has 4 aromatic heterocycles. The van der Waals surface area contributed by atoms with Gasteiger partial charge in [0.25, 0.3) is 0 Å². The molecule has 0 saturated carbocycles. The summed E-state index contributed by atoms with van der Waals surface area (Å²) in [5, 5.41) is 3.60. The second-order valence-corrected chi connectivity index (χ2v) is 8.30. The molecule has 0 spiro atoms. The second-order valence-electron chi connectivity index (χ2n) is 8.30. The maximum absolute atomic E-state index is 4.66. The predicted molar refractivity (Wildman–Crippen MR) is 136 cm³/mol. The van der Waals surface area contributed by atoms with Gasteiger partial charge in [0.15, 0.2) is 5.82 Å². The van der Waals surface area contributed by atoms with Gasteiger partial charge in [0.05, 0.1) is 34.6 Å². The minimum atomic E-state index is 0.689. The van der Waals surface area contributed by atoms with Crippen molar-refractivity contribution in [3.63, 3.8) is 0 Å². The summed E-state index contributed by atoms with van der Waals surface area (Å²) in [5.41, 5.74) is 6.50. The van der Waals surface area contributed by atoms with Gasteiger partial charge in [-0.05, 0) is 48.5 Å². The Morgan fingerprint density at radius 3 is 2.18 bits per heavy atom. The lowest BCUT2D eigenvalue weighted by atomic mass is 10.1. The molecule has 0 bridgehead atoms. The first-order chi connectivity index (χ1) is 16.9. The third-order valence-corrected chi connectivity index (χ3v) is 6.35. The molecule has 4 heterocycles. The molecule has 0 radical (unpaired) electrons. The normalized spacial score (nSPS) is 11.5. The van der Waals surface area contributed by atoms with Gasteiger partial charge in [-0.2, -0.15) is 0 Å². The summed E-state index contributed by atoms with van der Waals surface area (Å²) in [4.78, 5) is 13.4. The fraction of sp³-hybridized carbons (Fsp3) is 0. The maximum Gasteiger partial charge on any atom is 0.159 e. The molecule has 0 aliphatic heterocycles. The minimum Gasteiger partial charge on any atom is -0.317 e. The molecular formula is C29H19N5. The van der Waals surface area contributed by atoms with E-state index in [9.17, 15) is 0 Å². The molecule has 160 valence electrons. The Morgan fingerprint density at radius 1 is 0.588 bits per heavy atom. The monoisotopic (exact) mass is 437 g/mol. The van der Waals surface area contributed by atoms with E-state index < -0.39 is 0 Å². The van der Waals surface area contributed by atoms with E-state index in [1.165, 1.54) is 21.7 Å². The van der Waals surface area contributed by atoms with Crippen LogP contribution < -0.4 is 0 Å². The Bertz CT molecular complexity index is 1780. The van der Waals surface area contributed by atoms with E-state index >= 15 is 0 Å². The molecule has 0 aliphatic rings. The topological polar surface area (TPSA) is 48.5 Å². The van der Waals surface area contributed by atoms with E-state index in [1.54, 1.807) is 12.4 Å². The molecule has 5 nitrogen and oxygen atoms in total. The molecule has 0 saturated heterocycles. The van der Waals surface area contributed by atoms with Gasteiger partial charge in [-0.1, -0.05) is 36.4 Å². The fourth-order valence-corrected chi connectivity index (χ4v) is 4.78. The number of benzene rings is 3. The fourth-order valence-electron chi connectivity index (χ4n) is 4.78. The van der Waals surface area contributed by atoms with Crippen LogP contribution in [0, 0.1) is 0 Å². The van der Waals surface area contributed by atoms with Crippen molar-refractivity contribution in [3.05, 3.63) is 116 Å².